The van der Waals surface area contributed by atoms with E-state index in [1.54, 1.807) is 11.8 Å². The summed E-state index contributed by atoms with van der Waals surface area (Å²) in [5.74, 6) is 1.36. The third kappa shape index (κ3) is 3.76. The molecule has 0 N–H and O–H groups in total. The highest BCUT2D eigenvalue weighted by molar-refractivity contribution is 7.09. The molecular formula is C15H20N4O3S. The number of rotatable bonds is 4. The largest absolute Gasteiger partial charge is 0.423 e. The second-order valence-electron chi connectivity index (χ2n) is 5.99. The minimum atomic E-state index is -0.373. The van der Waals surface area contributed by atoms with Gasteiger partial charge in [-0.15, -0.1) is 21.5 Å². The molecule has 0 saturated carbocycles. The fourth-order valence-electron chi connectivity index (χ4n) is 2.44. The Morgan fingerprint density at radius 1 is 1.48 bits per heavy atom. The monoisotopic (exact) mass is 336 g/mol. The Labute approximate surface area is 138 Å². The first-order valence-electron chi connectivity index (χ1n) is 7.68. The Bertz CT molecular complexity index is 682. The van der Waals surface area contributed by atoms with Gasteiger partial charge in [-0.1, -0.05) is 13.8 Å². The van der Waals surface area contributed by atoms with E-state index >= 15 is 0 Å². The molecule has 8 heteroatoms. The van der Waals surface area contributed by atoms with Gasteiger partial charge in [0, 0.05) is 25.3 Å². The minimum absolute atomic E-state index is 0.0687. The Balaban J connectivity index is 1.68. The lowest BCUT2D eigenvalue weighted by Gasteiger charge is -2.30. The highest BCUT2D eigenvalue weighted by Gasteiger charge is 2.30. The number of hydrogen-bond donors (Lipinski definition) is 0. The number of aromatic nitrogens is 3. The molecule has 7 nitrogen and oxygen atoms in total. The zero-order chi connectivity index (χ0) is 16.4. The predicted molar refractivity (Wildman–Crippen MR) is 84.3 cm³/mol. The molecule has 1 saturated heterocycles. The molecule has 2 aromatic heterocycles. The van der Waals surface area contributed by atoms with Gasteiger partial charge in [0.15, 0.2) is 6.10 Å². The van der Waals surface area contributed by atoms with E-state index in [1.807, 2.05) is 5.38 Å². The average Bonchev–Trinajstić information content (AvgIpc) is 3.15. The van der Waals surface area contributed by atoms with E-state index in [0.717, 1.165) is 11.4 Å². The van der Waals surface area contributed by atoms with Crippen LogP contribution in [-0.4, -0.2) is 45.7 Å². The molecule has 0 radical (unpaired) electrons. The molecule has 1 fully saturated rings. The van der Waals surface area contributed by atoms with Crippen LogP contribution in [0.1, 0.15) is 47.2 Å². The molecule has 0 bridgehead atoms. The molecule has 1 atom stereocenters. The standard InChI is InChI=1S/C15H20N4O3S/c1-9(2)6-13-16-11(8-23-13)15(20)19-4-5-21-12(7-19)14-18-17-10(3)22-14/h8-9,12H,4-7H2,1-3H3/t12-/m0/s1. The van der Waals surface area contributed by atoms with E-state index in [4.69, 9.17) is 9.15 Å². The second kappa shape index (κ2) is 6.76. The van der Waals surface area contributed by atoms with Crippen molar-refractivity contribution >= 4 is 17.2 Å². The van der Waals surface area contributed by atoms with Crippen molar-refractivity contribution in [1.29, 1.82) is 0 Å². The maximum atomic E-state index is 12.6. The summed E-state index contributed by atoms with van der Waals surface area (Å²) in [6, 6.07) is 0. The van der Waals surface area contributed by atoms with E-state index in [1.165, 1.54) is 11.3 Å². The Morgan fingerprint density at radius 3 is 3.00 bits per heavy atom. The average molecular weight is 336 g/mol. The van der Waals surface area contributed by atoms with E-state index in [-0.39, 0.29) is 12.0 Å². The van der Waals surface area contributed by atoms with Crippen LogP contribution in [0.5, 0.6) is 0 Å². The van der Waals surface area contributed by atoms with Crippen molar-refractivity contribution in [1.82, 2.24) is 20.1 Å². The van der Waals surface area contributed by atoms with E-state index in [9.17, 15) is 4.79 Å². The summed E-state index contributed by atoms with van der Waals surface area (Å²) in [6.07, 6.45) is 0.521. The van der Waals surface area contributed by atoms with Gasteiger partial charge in [0.05, 0.1) is 18.2 Å². The maximum absolute atomic E-state index is 12.6. The quantitative estimate of drug-likeness (QED) is 0.852. The molecule has 23 heavy (non-hydrogen) atoms. The lowest BCUT2D eigenvalue weighted by molar-refractivity contribution is -0.0350. The smallest absolute Gasteiger partial charge is 0.273 e. The van der Waals surface area contributed by atoms with Gasteiger partial charge in [0.2, 0.25) is 11.8 Å². The van der Waals surface area contributed by atoms with Gasteiger partial charge in [-0.05, 0) is 5.92 Å². The summed E-state index contributed by atoms with van der Waals surface area (Å²) in [6.45, 7) is 7.40. The summed E-state index contributed by atoms with van der Waals surface area (Å²) >= 11 is 1.54. The highest BCUT2D eigenvalue weighted by atomic mass is 32.1. The molecule has 1 aliphatic heterocycles. The maximum Gasteiger partial charge on any atom is 0.273 e. The Hall–Kier alpha value is -1.80. The molecule has 0 aliphatic carbocycles. The lowest BCUT2D eigenvalue weighted by atomic mass is 10.1. The molecule has 3 heterocycles. The van der Waals surface area contributed by atoms with Crippen molar-refractivity contribution in [2.24, 2.45) is 5.92 Å². The number of carbonyl (C=O) groups excluding carboxylic acids is 1. The van der Waals surface area contributed by atoms with E-state index in [0.29, 0.717) is 43.1 Å². The molecule has 1 amide bonds. The van der Waals surface area contributed by atoms with Gasteiger partial charge < -0.3 is 14.1 Å². The van der Waals surface area contributed by atoms with Crippen LogP contribution in [0.4, 0.5) is 0 Å². The van der Waals surface area contributed by atoms with Crippen molar-refractivity contribution in [2.45, 2.75) is 33.3 Å². The van der Waals surface area contributed by atoms with Crippen molar-refractivity contribution in [2.75, 3.05) is 19.7 Å². The van der Waals surface area contributed by atoms with Gasteiger partial charge in [0.25, 0.3) is 5.91 Å². The molecule has 0 unspecified atom stereocenters. The first kappa shape index (κ1) is 16.1. The molecular weight excluding hydrogens is 316 g/mol. The Kier molecular flexibility index (Phi) is 4.72. The van der Waals surface area contributed by atoms with E-state index in [2.05, 4.69) is 29.0 Å². The molecule has 0 spiro atoms. The normalized spacial score (nSPS) is 18.6. The number of carbonyl (C=O) groups is 1. The summed E-state index contributed by atoms with van der Waals surface area (Å²) < 4.78 is 11.0. The number of thiazole rings is 1. The number of ether oxygens (including phenoxy) is 1. The number of hydrogen-bond acceptors (Lipinski definition) is 7. The van der Waals surface area contributed by atoms with Crippen LogP contribution in [-0.2, 0) is 11.2 Å². The van der Waals surface area contributed by atoms with Gasteiger partial charge in [-0.25, -0.2) is 4.98 Å². The zero-order valence-corrected chi connectivity index (χ0v) is 14.3. The van der Waals surface area contributed by atoms with E-state index < -0.39 is 0 Å². The molecule has 1 aliphatic rings. The van der Waals surface area contributed by atoms with Gasteiger partial charge >= 0.3 is 0 Å². The summed E-state index contributed by atoms with van der Waals surface area (Å²) in [5.41, 5.74) is 0.507. The fraction of sp³-hybridized carbons (Fsp3) is 0.600. The number of amides is 1. The number of nitrogens with zero attached hydrogens (tertiary/aromatic N) is 4. The molecule has 3 rings (SSSR count). The second-order valence-corrected chi connectivity index (χ2v) is 6.94. The predicted octanol–water partition coefficient (Wildman–Crippen LogP) is 2.25. The van der Waals surface area contributed by atoms with Crippen LogP contribution in [0.2, 0.25) is 0 Å². The van der Waals surface area contributed by atoms with Gasteiger partial charge in [-0.2, -0.15) is 0 Å². The number of morpholine rings is 1. The number of aryl methyl sites for hydroxylation is 1. The SMILES string of the molecule is Cc1nnc([C@@H]2CN(C(=O)c3csc(CC(C)C)n3)CCO2)o1. The van der Waals surface area contributed by atoms with Crippen LogP contribution in [0.3, 0.4) is 0 Å². The topological polar surface area (TPSA) is 81.4 Å². The van der Waals surface area contributed by atoms with Gasteiger partial charge in [0.1, 0.15) is 5.69 Å². The molecule has 124 valence electrons. The summed E-state index contributed by atoms with van der Waals surface area (Å²) in [4.78, 5) is 18.8. The van der Waals surface area contributed by atoms with Crippen molar-refractivity contribution in [3.63, 3.8) is 0 Å². The summed E-state index contributed by atoms with van der Waals surface area (Å²) in [7, 11) is 0. The first-order chi connectivity index (χ1) is 11.0. The third-order valence-corrected chi connectivity index (χ3v) is 4.40. The summed E-state index contributed by atoms with van der Waals surface area (Å²) in [5, 5.41) is 10.6. The van der Waals surface area contributed by atoms with Crippen LogP contribution in [0.25, 0.3) is 0 Å². The molecule has 2 aromatic rings. The minimum Gasteiger partial charge on any atom is -0.423 e. The van der Waals surface area contributed by atoms with Crippen LogP contribution in [0.15, 0.2) is 9.80 Å². The molecule has 0 aromatic carbocycles. The first-order valence-corrected chi connectivity index (χ1v) is 8.56. The van der Waals surface area contributed by atoms with Crippen LogP contribution >= 0.6 is 11.3 Å². The zero-order valence-electron chi connectivity index (χ0n) is 13.5. The van der Waals surface area contributed by atoms with Crippen LogP contribution < -0.4 is 0 Å². The van der Waals surface area contributed by atoms with Crippen LogP contribution in [0, 0.1) is 12.8 Å². The third-order valence-electron chi connectivity index (χ3n) is 3.52. The fourth-order valence-corrected chi connectivity index (χ4v) is 3.42. The van der Waals surface area contributed by atoms with Crippen molar-refractivity contribution in [3.8, 4) is 0 Å². The van der Waals surface area contributed by atoms with Crippen molar-refractivity contribution in [3.05, 3.63) is 27.9 Å². The van der Waals surface area contributed by atoms with Crippen molar-refractivity contribution < 1.29 is 13.9 Å². The van der Waals surface area contributed by atoms with Gasteiger partial charge in [-0.3, -0.25) is 4.79 Å². The Morgan fingerprint density at radius 2 is 2.30 bits per heavy atom. The lowest BCUT2D eigenvalue weighted by Crippen LogP contribution is -2.42. The highest BCUT2D eigenvalue weighted by Crippen LogP contribution is 2.23.